The first-order chi connectivity index (χ1) is 4.79. The second kappa shape index (κ2) is 3.83. The molecule has 1 fully saturated rings. The van der Waals surface area contributed by atoms with Gasteiger partial charge in [0.15, 0.2) is 0 Å². The lowest BCUT2D eigenvalue weighted by Gasteiger charge is -2.08. The SMILES string of the molecule is FC(F)CO[C@H]1CCNC1. The van der Waals surface area contributed by atoms with Crippen LogP contribution in [-0.4, -0.2) is 32.2 Å². The highest BCUT2D eigenvalue weighted by molar-refractivity contribution is 4.70. The number of ether oxygens (including phenoxy) is 1. The Balaban J connectivity index is 2.01. The zero-order valence-electron chi connectivity index (χ0n) is 5.65. The maximum atomic E-state index is 11.5. The van der Waals surface area contributed by atoms with Gasteiger partial charge in [-0.2, -0.15) is 0 Å². The van der Waals surface area contributed by atoms with Gasteiger partial charge in [0.25, 0.3) is 6.43 Å². The average Bonchev–Trinajstić information content (AvgIpc) is 2.34. The van der Waals surface area contributed by atoms with E-state index in [1.54, 1.807) is 0 Å². The van der Waals surface area contributed by atoms with Crippen LogP contribution >= 0.6 is 0 Å². The summed E-state index contributed by atoms with van der Waals surface area (Å²) in [6, 6.07) is 0. The lowest BCUT2D eigenvalue weighted by atomic mass is 10.3. The van der Waals surface area contributed by atoms with Crippen LogP contribution in [0.25, 0.3) is 0 Å². The van der Waals surface area contributed by atoms with Crippen LogP contribution in [-0.2, 0) is 4.74 Å². The van der Waals surface area contributed by atoms with Crippen LogP contribution < -0.4 is 5.32 Å². The number of alkyl halides is 2. The Morgan fingerprint density at radius 2 is 2.40 bits per heavy atom. The minimum Gasteiger partial charge on any atom is -0.371 e. The number of hydrogen-bond acceptors (Lipinski definition) is 2. The van der Waals surface area contributed by atoms with Crippen LogP contribution in [0, 0.1) is 0 Å². The van der Waals surface area contributed by atoms with Crippen molar-refractivity contribution in [2.75, 3.05) is 19.7 Å². The molecule has 0 bridgehead atoms. The van der Waals surface area contributed by atoms with Crippen molar-refractivity contribution in [2.45, 2.75) is 19.0 Å². The molecule has 1 aliphatic rings. The molecule has 2 nitrogen and oxygen atoms in total. The predicted molar refractivity (Wildman–Crippen MR) is 33.2 cm³/mol. The summed E-state index contributed by atoms with van der Waals surface area (Å²) in [5.74, 6) is 0. The van der Waals surface area contributed by atoms with E-state index in [0.29, 0.717) is 6.54 Å². The summed E-state index contributed by atoms with van der Waals surface area (Å²) in [6.07, 6.45) is -1.47. The van der Waals surface area contributed by atoms with Crippen LogP contribution in [0.5, 0.6) is 0 Å². The fraction of sp³-hybridized carbons (Fsp3) is 1.00. The molecule has 1 heterocycles. The van der Waals surface area contributed by atoms with Gasteiger partial charge in [-0.15, -0.1) is 0 Å². The van der Waals surface area contributed by atoms with E-state index in [1.807, 2.05) is 0 Å². The normalized spacial score (nSPS) is 26.1. The Morgan fingerprint density at radius 1 is 1.60 bits per heavy atom. The van der Waals surface area contributed by atoms with Crippen molar-refractivity contribution >= 4 is 0 Å². The molecule has 0 aromatic carbocycles. The molecule has 0 aliphatic carbocycles. The van der Waals surface area contributed by atoms with Gasteiger partial charge in [0.1, 0.15) is 6.61 Å². The molecule has 1 aliphatic heterocycles. The average molecular weight is 151 g/mol. The van der Waals surface area contributed by atoms with Crippen LogP contribution in [0.3, 0.4) is 0 Å². The van der Waals surface area contributed by atoms with Crippen molar-refractivity contribution in [1.82, 2.24) is 5.32 Å². The summed E-state index contributed by atoms with van der Waals surface area (Å²) in [7, 11) is 0. The Kier molecular flexibility index (Phi) is 3.02. The fourth-order valence-electron chi connectivity index (χ4n) is 0.979. The summed E-state index contributed by atoms with van der Waals surface area (Å²) < 4.78 is 27.9. The number of rotatable bonds is 3. The van der Waals surface area contributed by atoms with Crippen molar-refractivity contribution in [3.63, 3.8) is 0 Å². The van der Waals surface area contributed by atoms with Gasteiger partial charge < -0.3 is 10.1 Å². The Bertz CT molecular complexity index is 93.7. The zero-order chi connectivity index (χ0) is 7.40. The molecule has 4 heteroatoms. The molecule has 0 unspecified atom stereocenters. The molecule has 0 aromatic rings. The van der Waals surface area contributed by atoms with E-state index in [-0.39, 0.29) is 6.10 Å². The lowest BCUT2D eigenvalue weighted by molar-refractivity contribution is -0.0162. The molecule has 1 rings (SSSR count). The zero-order valence-corrected chi connectivity index (χ0v) is 5.65. The first-order valence-electron chi connectivity index (χ1n) is 3.39. The maximum absolute atomic E-state index is 11.5. The van der Waals surface area contributed by atoms with Gasteiger partial charge in [-0.05, 0) is 13.0 Å². The molecule has 10 heavy (non-hydrogen) atoms. The summed E-state index contributed by atoms with van der Waals surface area (Å²) in [4.78, 5) is 0. The van der Waals surface area contributed by atoms with Crippen LogP contribution in [0.2, 0.25) is 0 Å². The van der Waals surface area contributed by atoms with E-state index >= 15 is 0 Å². The predicted octanol–water partition coefficient (Wildman–Crippen LogP) is 0.630. The molecule has 60 valence electrons. The van der Waals surface area contributed by atoms with Crippen molar-refractivity contribution in [1.29, 1.82) is 0 Å². The van der Waals surface area contributed by atoms with E-state index in [2.05, 4.69) is 5.32 Å². The molecular weight excluding hydrogens is 140 g/mol. The Morgan fingerprint density at radius 3 is 2.90 bits per heavy atom. The molecule has 1 N–H and O–H groups in total. The molecule has 0 amide bonds. The molecular formula is C6H11F2NO. The molecule has 1 saturated heterocycles. The smallest absolute Gasteiger partial charge is 0.261 e. The molecule has 0 saturated carbocycles. The summed E-state index contributed by atoms with van der Waals surface area (Å²) in [5.41, 5.74) is 0. The van der Waals surface area contributed by atoms with Crippen molar-refractivity contribution < 1.29 is 13.5 Å². The van der Waals surface area contributed by atoms with Crippen LogP contribution in [0.4, 0.5) is 8.78 Å². The summed E-state index contributed by atoms with van der Waals surface area (Å²) in [6.45, 7) is 1.17. The van der Waals surface area contributed by atoms with E-state index in [1.165, 1.54) is 0 Å². The number of nitrogens with one attached hydrogen (secondary N) is 1. The molecule has 1 atom stereocenters. The quantitative estimate of drug-likeness (QED) is 0.638. The minimum absolute atomic E-state index is 0.00833. The van der Waals surface area contributed by atoms with Crippen molar-refractivity contribution in [3.05, 3.63) is 0 Å². The van der Waals surface area contributed by atoms with E-state index in [4.69, 9.17) is 4.74 Å². The van der Waals surface area contributed by atoms with E-state index < -0.39 is 13.0 Å². The first-order valence-corrected chi connectivity index (χ1v) is 3.39. The minimum atomic E-state index is -2.33. The van der Waals surface area contributed by atoms with Gasteiger partial charge in [0, 0.05) is 6.54 Å². The van der Waals surface area contributed by atoms with Gasteiger partial charge in [0.2, 0.25) is 0 Å². The highest BCUT2D eigenvalue weighted by Crippen LogP contribution is 2.04. The van der Waals surface area contributed by atoms with Gasteiger partial charge in [-0.25, -0.2) is 8.78 Å². The summed E-state index contributed by atoms with van der Waals surface area (Å²) >= 11 is 0. The summed E-state index contributed by atoms with van der Waals surface area (Å²) in [5, 5.41) is 3.03. The van der Waals surface area contributed by atoms with Crippen molar-refractivity contribution in [2.24, 2.45) is 0 Å². The monoisotopic (exact) mass is 151 g/mol. The highest BCUT2D eigenvalue weighted by atomic mass is 19.3. The van der Waals surface area contributed by atoms with Crippen LogP contribution in [0.15, 0.2) is 0 Å². The molecule has 0 aromatic heterocycles. The Hall–Kier alpha value is -0.220. The Labute approximate surface area is 58.6 Å². The maximum Gasteiger partial charge on any atom is 0.261 e. The molecule has 0 radical (unpaired) electrons. The van der Waals surface area contributed by atoms with Crippen molar-refractivity contribution in [3.8, 4) is 0 Å². The van der Waals surface area contributed by atoms with E-state index in [9.17, 15) is 8.78 Å². The highest BCUT2D eigenvalue weighted by Gasteiger charge is 2.16. The number of halogens is 2. The first kappa shape index (κ1) is 7.88. The third-order valence-electron chi connectivity index (χ3n) is 1.47. The third-order valence-corrected chi connectivity index (χ3v) is 1.47. The largest absolute Gasteiger partial charge is 0.371 e. The van der Waals surface area contributed by atoms with E-state index in [0.717, 1.165) is 13.0 Å². The lowest BCUT2D eigenvalue weighted by Crippen LogP contribution is -2.19. The standard InChI is InChI=1S/C6H11F2NO/c7-6(8)4-10-5-1-2-9-3-5/h5-6,9H,1-4H2/t5-/m0/s1. The molecule has 0 spiro atoms. The van der Waals surface area contributed by atoms with Gasteiger partial charge >= 0.3 is 0 Å². The second-order valence-electron chi connectivity index (χ2n) is 2.34. The van der Waals surface area contributed by atoms with Crippen LogP contribution in [0.1, 0.15) is 6.42 Å². The topological polar surface area (TPSA) is 21.3 Å². The fourth-order valence-corrected chi connectivity index (χ4v) is 0.979. The van der Waals surface area contributed by atoms with Gasteiger partial charge in [0.05, 0.1) is 6.10 Å². The van der Waals surface area contributed by atoms with Gasteiger partial charge in [-0.1, -0.05) is 0 Å². The second-order valence-corrected chi connectivity index (χ2v) is 2.34. The van der Waals surface area contributed by atoms with Gasteiger partial charge in [-0.3, -0.25) is 0 Å². The number of hydrogen-bond donors (Lipinski definition) is 1. The third kappa shape index (κ3) is 2.58.